The fraction of sp³-hybridized carbons (Fsp3) is 0.517. The van der Waals surface area contributed by atoms with Crippen LogP contribution in [0.15, 0.2) is 36.5 Å². The van der Waals surface area contributed by atoms with Crippen LogP contribution >= 0.6 is 0 Å². The van der Waals surface area contributed by atoms with Crippen LogP contribution in [0.3, 0.4) is 0 Å². The van der Waals surface area contributed by atoms with E-state index >= 15 is 0 Å². The first kappa shape index (κ1) is 25.4. The molecule has 2 heterocycles. The Balaban J connectivity index is 1.26. The van der Waals surface area contributed by atoms with Gasteiger partial charge in [0.15, 0.2) is 0 Å². The number of nitrogens with one attached hydrogen (secondary N) is 3. The van der Waals surface area contributed by atoms with E-state index in [-0.39, 0.29) is 29.7 Å². The molecule has 2 aromatic heterocycles. The van der Waals surface area contributed by atoms with Crippen LogP contribution in [0.2, 0.25) is 0 Å². The van der Waals surface area contributed by atoms with Gasteiger partial charge in [0.2, 0.25) is 11.8 Å². The van der Waals surface area contributed by atoms with Gasteiger partial charge in [-0.1, -0.05) is 32.6 Å². The van der Waals surface area contributed by atoms with Gasteiger partial charge in [-0.3, -0.25) is 9.59 Å². The third kappa shape index (κ3) is 5.69. The van der Waals surface area contributed by atoms with Crippen LogP contribution in [0, 0.1) is 17.8 Å². The summed E-state index contributed by atoms with van der Waals surface area (Å²) in [6, 6.07) is 9.83. The van der Waals surface area contributed by atoms with Gasteiger partial charge in [-0.05, 0) is 70.0 Å². The molecule has 3 aromatic rings. The molecule has 5 rings (SSSR count). The number of anilines is 2. The quantitative estimate of drug-likeness (QED) is 0.416. The van der Waals surface area contributed by atoms with Crippen LogP contribution in [0.4, 0.5) is 11.5 Å². The fourth-order valence-corrected chi connectivity index (χ4v) is 6.02. The second kappa shape index (κ2) is 11.0. The summed E-state index contributed by atoms with van der Waals surface area (Å²) in [4.78, 5) is 40.4. The maximum atomic E-state index is 13.0. The largest absolute Gasteiger partial charge is 0.337 e. The highest BCUT2D eigenvalue weighted by Gasteiger charge is 2.32. The maximum Gasteiger partial charge on any atom is 0.230 e. The Bertz CT molecular complexity index is 1250. The lowest BCUT2D eigenvalue weighted by molar-refractivity contribution is -0.123. The lowest BCUT2D eigenvalue weighted by Crippen LogP contribution is -2.43. The number of aromatic amines is 1. The summed E-state index contributed by atoms with van der Waals surface area (Å²) < 4.78 is 0. The van der Waals surface area contributed by atoms with E-state index in [0.717, 1.165) is 66.6 Å². The number of benzene rings is 1. The standard InChI is InChI=1S/C29H38N6O2/c1-18-8-4-5-9-21(18)28(36)31-20-14-12-19(13-15-20)27-32-23-16-26(30-17-24(23)33-27)34-29(37)22-10-6-7-11-25(22)35(2)3/h12-18,21-22,25H,4-11H2,1-3H3,(H,31,36)(H,32,33)(H,30,34,37). The average Bonchev–Trinajstić information content (AvgIpc) is 3.33. The number of fused-ring (bicyclic) bond motifs is 1. The molecule has 4 unspecified atom stereocenters. The molecule has 8 nitrogen and oxygen atoms in total. The highest BCUT2D eigenvalue weighted by atomic mass is 16.2. The van der Waals surface area contributed by atoms with Gasteiger partial charge < -0.3 is 20.5 Å². The van der Waals surface area contributed by atoms with Crippen LogP contribution < -0.4 is 10.6 Å². The third-order valence-corrected chi connectivity index (χ3v) is 8.22. The first-order chi connectivity index (χ1) is 17.9. The molecule has 0 radical (unpaired) electrons. The molecular weight excluding hydrogens is 464 g/mol. The highest BCUT2D eigenvalue weighted by Crippen LogP contribution is 2.31. The molecule has 3 N–H and O–H groups in total. The van der Waals surface area contributed by atoms with Crippen molar-refractivity contribution in [3.05, 3.63) is 36.5 Å². The number of pyridine rings is 1. The average molecular weight is 503 g/mol. The van der Waals surface area contributed by atoms with Gasteiger partial charge in [0.05, 0.1) is 23.1 Å². The zero-order chi connectivity index (χ0) is 25.9. The summed E-state index contributed by atoms with van der Waals surface area (Å²) in [6.07, 6.45) is 10.4. The molecule has 0 spiro atoms. The number of rotatable bonds is 6. The molecule has 0 aliphatic heterocycles. The smallest absolute Gasteiger partial charge is 0.230 e. The Labute approximate surface area is 218 Å². The highest BCUT2D eigenvalue weighted by molar-refractivity contribution is 5.94. The minimum atomic E-state index is -0.0312. The molecule has 1 aromatic carbocycles. The normalized spacial score (nSPS) is 24.2. The van der Waals surface area contributed by atoms with Crippen molar-refractivity contribution in [2.75, 3.05) is 24.7 Å². The molecule has 0 bridgehead atoms. The van der Waals surface area contributed by atoms with Crippen molar-refractivity contribution >= 4 is 34.4 Å². The zero-order valence-corrected chi connectivity index (χ0v) is 22.1. The minimum Gasteiger partial charge on any atom is -0.337 e. The van der Waals surface area contributed by atoms with Crippen molar-refractivity contribution in [3.63, 3.8) is 0 Å². The van der Waals surface area contributed by atoms with E-state index in [1.807, 2.05) is 44.4 Å². The van der Waals surface area contributed by atoms with Crippen molar-refractivity contribution < 1.29 is 9.59 Å². The topological polar surface area (TPSA) is 103 Å². The number of aromatic nitrogens is 3. The predicted molar refractivity (Wildman–Crippen MR) is 147 cm³/mol. The monoisotopic (exact) mass is 502 g/mol. The van der Waals surface area contributed by atoms with Crippen molar-refractivity contribution in [1.82, 2.24) is 19.9 Å². The van der Waals surface area contributed by atoms with E-state index in [1.54, 1.807) is 6.20 Å². The van der Waals surface area contributed by atoms with Crippen LogP contribution in [0.5, 0.6) is 0 Å². The molecule has 2 saturated carbocycles. The second-order valence-corrected chi connectivity index (χ2v) is 11.0. The summed E-state index contributed by atoms with van der Waals surface area (Å²) in [5.41, 5.74) is 3.27. The van der Waals surface area contributed by atoms with Gasteiger partial charge in [-0.25, -0.2) is 9.97 Å². The van der Waals surface area contributed by atoms with E-state index in [9.17, 15) is 9.59 Å². The van der Waals surface area contributed by atoms with E-state index in [4.69, 9.17) is 4.98 Å². The molecule has 0 saturated heterocycles. The molecular formula is C29H38N6O2. The SMILES string of the molecule is CC1CCCCC1C(=O)Nc1ccc(-c2nc3cc(NC(=O)C4CCCCC4N(C)C)ncc3[nH]2)cc1. The summed E-state index contributed by atoms with van der Waals surface area (Å²) in [7, 11) is 4.09. The molecule has 4 atom stereocenters. The van der Waals surface area contributed by atoms with Gasteiger partial charge in [-0.2, -0.15) is 0 Å². The molecule has 8 heteroatoms. The van der Waals surface area contributed by atoms with Crippen LogP contribution in [0.25, 0.3) is 22.4 Å². The third-order valence-electron chi connectivity index (χ3n) is 8.22. The van der Waals surface area contributed by atoms with Crippen LogP contribution in [0.1, 0.15) is 58.3 Å². The molecule has 196 valence electrons. The fourth-order valence-electron chi connectivity index (χ4n) is 6.02. The summed E-state index contributed by atoms with van der Waals surface area (Å²) in [5, 5.41) is 6.11. The number of amides is 2. The Hall–Kier alpha value is -3.26. The summed E-state index contributed by atoms with van der Waals surface area (Å²) in [5.74, 6) is 1.89. The molecule has 2 aliphatic carbocycles. The van der Waals surface area contributed by atoms with Crippen LogP contribution in [-0.4, -0.2) is 51.8 Å². The lowest BCUT2D eigenvalue weighted by atomic mass is 9.80. The van der Waals surface area contributed by atoms with Crippen molar-refractivity contribution in [3.8, 4) is 11.4 Å². The van der Waals surface area contributed by atoms with Gasteiger partial charge in [0, 0.05) is 29.3 Å². The first-order valence-electron chi connectivity index (χ1n) is 13.6. The number of hydrogen-bond acceptors (Lipinski definition) is 5. The number of carbonyl (C=O) groups excluding carboxylic acids is 2. The van der Waals surface area contributed by atoms with E-state index in [0.29, 0.717) is 11.7 Å². The van der Waals surface area contributed by atoms with Crippen molar-refractivity contribution in [1.29, 1.82) is 0 Å². The van der Waals surface area contributed by atoms with E-state index in [1.165, 1.54) is 12.8 Å². The summed E-state index contributed by atoms with van der Waals surface area (Å²) >= 11 is 0. The molecule has 2 fully saturated rings. The minimum absolute atomic E-state index is 0.0289. The predicted octanol–water partition coefficient (Wildman–Crippen LogP) is 5.45. The molecule has 2 amide bonds. The number of hydrogen-bond donors (Lipinski definition) is 3. The Kier molecular flexibility index (Phi) is 7.55. The zero-order valence-electron chi connectivity index (χ0n) is 22.1. The summed E-state index contributed by atoms with van der Waals surface area (Å²) in [6.45, 7) is 2.18. The Morgan fingerprint density at radius 2 is 1.59 bits per heavy atom. The Morgan fingerprint density at radius 3 is 2.32 bits per heavy atom. The van der Waals surface area contributed by atoms with Gasteiger partial charge in [-0.15, -0.1) is 0 Å². The number of carbonyl (C=O) groups is 2. The van der Waals surface area contributed by atoms with Gasteiger partial charge in [0.1, 0.15) is 11.6 Å². The van der Waals surface area contributed by atoms with Gasteiger partial charge >= 0.3 is 0 Å². The Morgan fingerprint density at radius 1 is 0.919 bits per heavy atom. The molecule has 2 aliphatic rings. The second-order valence-electron chi connectivity index (χ2n) is 11.0. The van der Waals surface area contributed by atoms with Crippen molar-refractivity contribution in [2.24, 2.45) is 17.8 Å². The number of imidazole rings is 1. The molecule has 37 heavy (non-hydrogen) atoms. The van der Waals surface area contributed by atoms with Crippen molar-refractivity contribution in [2.45, 2.75) is 64.3 Å². The lowest BCUT2D eigenvalue weighted by Gasteiger charge is -2.35. The first-order valence-corrected chi connectivity index (χ1v) is 13.6. The van der Waals surface area contributed by atoms with Gasteiger partial charge in [0.25, 0.3) is 0 Å². The van der Waals surface area contributed by atoms with E-state index < -0.39 is 0 Å². The van der Waals surface area contributed by atoms with E-state index in [2.05, 4.69) is 32.4 Å². The number of nitrogens with zero attached hydrogens (tertiary/aromatic N) is 3. The number of H-pyrrole nitrogens is 1. The maximum absolute atomic E-state index is 13.0. The van der Waals surface area contributed by atoms with Crippen LogP contribution in [-0.2, 0) is 9.59 Å².